The molecule has 0 aromatic rings. The molecule has 0 radical (unpaired) electrons. The van der Waals surface area contributed by atoms with Crippen LogP contribution in [0.3, 0.4) is 0 Å². The van der Waals surface area contributed by atoms with Crippen molar-refractivity contribution in [2.75, 3.05) is 0 Å². The standard InChI is InChI=1S/C25H36O5/c1-16(2)25(13-6-8-18(25)4)14-12-17(3)7-5-9-19-10-11-21(29-23(19)27)20-15-22(26)30-24(20)28/h7,10,15,18,21,23-24,27-28H,1,5-6,8-9,11-14H2,2-4H3/b17-7+/t18-,21-,23+,24+,25+/m1/s1. The van der Waals surface area contributed by atoms with Gasteiger partial charge in [-0.2, -0.15) is 0 Å². The van der Waals surface area contributed by atoms with Crippen LogP contribution in [-0.4, -0.2) is 34.9 Å². The summed E-state index contributed by atoms with van der Waals surface area (Å²) in [5.41, 5.74) is 4.23. The van der Waals surface area contributed by atoms with Gasteiger partial charge in [0.1, 0.15) is 0 Å². The number of aliphatic hydroxyl groups is 2. The molecular formula is C25H36O5. The number of esters is 1. The van der Waals surface area contributed by atoms with Gasteiger partial charge in [-0.1, -0.05) is 43.2 Å². The highest BCUT2D eigenvalue weighted by Crippen LogP contribution is 2.51. The number of carbonyl (C=O) groups is 1. The van der Waals surface area contributed by atoms with Gasteiger partial charge >= 0.3 is 5.97 Å². The number of aliphatic hydroxyl groups excluding tert-OH is 2. The minimum atomic E-state index is -1.28. The van der Waals surface area contributed by atoms with E-state index in [2.05, 4.69) is 33.4 Å². The number of rotatable bonds is 8. The van der Waals surface area contributed by atoms with Crippen LogP contribution in [0.1, 0.15) is 72.1 Å². The Kier molecular flexibility index (Phi) is 7.38. The molecule has 1 fully saturated rings. The second kappa shape index (κ2) is 9.63. The molecule has 5 atom stereocenters. The summed E-state index contributed by atoms with van der Waals surface area (Å²) < 4.78 is 10.3. The first-order valence-electron chi connectivity index (χ1n) is 11.2. The van der Waals surface area contributed by atoms with Crippen molar-refractivity contribution in [3.63, 3.8) is 0 Å². The normalized spacial score (nSPS) is 34.6. The second-order valence-electron chi connectivity index (χ2n) is 9.24. The van der Waals surface area contributed by atoms with Crippen LogP contribution in [0.25, 0.3) is 0 Å². The third-order valence-corrected chi connectivity index (χ3v) is 7.32. The van der Waals surface area contributed by atoms with Crippen molar-refractivity contribution in [1.29, 1.82) is 0 Å². The Morgan fingerprint density at radius 2 is 2.10 bits per heavy atom. The molecule has 3 aliphatic rings. The molecule has 2 N–H and O–H groups in total. The highest BCUT2D eigenvalue weighted by molar-refractivity contribution is 5.85. The quantitative estimate of drug-likeness (QED) is 0.443. The van der Waals surface area contributed by atoms with E-state index in [4.69, 9.17) is 9.47 Å². The topological polar surface area (TPSA) is 76.0 Å². The van der Waals surface area contributed by atoms with Gasteiger partial charge in [0.25, 0.3) is 0 Å². The predicted molar refractivity (Wildman–Crippen MR) is 116 cm³/mol. The molecule has 0 unspecified atom stereocenters. The molecule has 166 valence electrons. The second-order valence-corrected chi connectivity index (χ2v) is 9.24. The van der Waals surface area contributed by atoms with Crippen molar-refractivity contribution in [2.45, 2.75) is 90.8 Å². The van der Waals surface area contributed by atoms with E-state index >= 15 is 0 Å². The molecule has 2 heterocycles. The van der Waals surface area contributed by atoms with Crippen LogP contribution in [0.15, 0.2) is 47.1 Å². The third kappa shape index (κ3) is 4.96. The minimum absolute atomic E-state index is 0.296. The molecule has 1 saturated carbocycles. The van der Waals surface area contributed by atoms with Crippen molar-refractivity contribution >= 4 is 5.97 Å². The lowest BCUT2D eigenvalue weighted by molar-refractivity contribution is -0.155. The Hall–Kier alpha value is -1.69. The van der Waals surface area contributed by atoms with Gasteiger partial charge < -0.3 is 19.7 Å². The van der Waals surface area contributed by atoms with Gasteiger partial charge in [-0.15, -0.1) is 0 Å². The van der Waals surface area contributed by atoms with Crippen LogP contribution in [0, 0.1) is 11.3 Å². The molecular weight excluding hydrogens is 380 g/mol. The Labute approximate surface area is 180 Å². The van der Waals surface area contributed by atoms with Crippen LogP contribution in [-0.2, 0) is 14.3 Å². The van der Waals surface area contributed by atoms with E-state index in [1.54, 1.807) is 0 Å². The Morgan fingerprint density at radius 1 is 1.33 bits per heavy atom. The molecule has 5 heteroatoms. The fourth-order valence-corrected chi connectivity index (χ4v) is 5.24. The monoisotopic (exact) mass is 416 g/mol. The smallest absolute Gasteiger partial charge is 0.333 e. The number of hydrogen-bond donors (Lipinski definition) is 2. The summed E-state index contributed by atoms with van der Waals surface area (Å²) in [6.45, 7) is 11.0. The zero-order valence-electron chi connectivity index (χ0n) is 18.5. The number of ether oxygens (including phenoxy) is 2. The SMILES string of the molecule is C=C(C)[C@@]1(CC/C(C)=C/CCC2=CC[C@H](C3=CC(=O)O[C@@H]3O)O[C@@H]2O)CCC[C@H]1C. The lowest BCUT2D eigenvalue weighted by Gasteiger charge is -2.35. The van der Waals surface area contributed by atoms with Crippen molar-refractivity contribution < 1.29 is 24.5 Å². The van der Waals surface area contributed by atoms with E-state index < -0.39 is 24.7 Å². The van der Waals surface area contributed by atoms with E-state index in [1.165, 1.54) is 42.9 Å². The average Bonchev–Trinajstić information content (AvgIpc) is 3.23. The fraction of sp³-hybridized carbons (Fsp3) is 0.640. The highest BCUT2D eigenvalue weighted by atomic mass is 16.6. The summed E-state index contributed by atoms with van der Waals surface area (Å²) in [4.78, 5) is 11.3. The maximum absolute atomic E-state index is 11.3. The van der Waals surface area contributed by atoms with Gasteiger partial charge in [0.05, 0.1) is 6.10 Å². The first-order chi connectivity index (χ1) is 14.2. The lowest BCUT2D eigenvalue weighted by atomic mass is 9.70. The summed E-state index contributed by atoms with van der Waals surface area (Å²) in [5, 5.41) is 20.1. The summed E-state index contributed by atoms with van der Waals surface area (Å²) in [5.74, 6) is 0.135. The molecule has 1 aliphatic carbocycles. The molecule has 2 aliphatic heterocycles. The molecule has 0 aromatic carbocycles. The summed E-state index contributed by atoms with van der Waals surface area (Å²) in [6, 6.07) is 0. The Bertz CT molecular complexity index is 762. The van der Waals surface area contributed by atoms with E-state index in [0.717, 1.165) is 24.8 Å². The number of cyclic esters (lactones) is 1. The first-order valence-corrected chi connectivity index (χ1v) is 11.2. The number of allylic oxidation sites excluding steroid dienone is 3. The molecule has 0 amide bonds. The highest BCUT2D eigenvalue weighted by Gasteiger charge is 2.40. The Balaban J connectivity index is 1.49. The zero-order valence-corrected chi connectivity index (χ0v) is 18.5. The molecule has 30 heavy (non-hydrogen) atoms. The third-order valence-electron chi connectivity index (χ3n) is 7.32. The molecule has 0 saturated heterocycles. The van der Waals surface area contributed by atoms with Gasteiger partial charge in [-0.3, -0.25) is 0 Å². The van der Waals surface area contributed by atoms with Crippen LogP contribution in [0.2, 0.25) is 0 Å². The molecule has 0 aromatic heterocycles. The van der Waals surface area contributed by atoms with Crippen LogP contribution >= 0.6 is 0 Å². The number of hydrogen-bond acceptors (Lipinski definition) is 5. The van der Waals surface area contributed by atoms with Crippen molar-refractivity contribution in [1.82, 2.24) is 0 Å². The minimum Gasteiger partial charge on any atom is -0.429 e. The summed E-state index contributed by atoms with van der Waals surface area (Å²) in [6.07, 6.45) is 10.8. The van der Waals surface area contributed by atoms with Gasteiger partial charge in [0, 0.05) is 11.6 Å². The average molecular weight is 417 g/mol. The fourth-order valence-electron chi connectivity index (χ4n) is 5.24. The van der Waals surface area contributed by atoms with Crippen molar-refractivity contribution in [2.24, 2.45) is 11.3 Å². The Morgan fingerprint density at radius 3 is 2.67 bits per heavy atom. The van der Waals surface area contributed by atoms with E-state index in [0.29, 0.717) is 23.3 Å². The predicted octanol–water partition coefficient (Wildman–Crippen LogP) is 4.71. The zero-order chi connectivity index (χ0) is 21.9. The lowest BCUT2D eigenvalue weighted by Crippen LogP contribution is -2.32. The number of carbonyl (C=O) groups excluding carboxylic acids is 1. The van der Waals surface area contributed by atoms with Crippen LogP contribution in [0.4, 0.5) is 0 Å². The van der Waals surface area contributed by atoms with Crippen LogP contribution < -0.4 is 0 Å². The van der Waals surface area contributed by atoms with E-state index in [1.807, 2.05) is 6.08 Å². The maximum atomic E-state index is 11.3. The van der Waals surface area contributed by atoms with E-state index in [-0.39, 0.29) is 0 Å². The summed E-state index contributed by atoms with van der Waals surface area (Å²) in [7, 11) is 0. The molecule has 5 nitrogen and oxygen atoms in total. The van der Waals surface area contributed by atoms with Crippen molar-refractivity contribution in [3.05, 3.63) is 47.1 Å². The first kappa shape index (κ1) is 23.0. The summed E-state index contributed by atoms with van der Waals surface area (Å²) >= 11 is 0. The largest absolute Gasteiger partial charge is 0.429 e. The maximum Gasteiger partial charge on any atom is 0.333 e. The van der Waals surface area contributed by atoms with Gasteiger partial charge in [-0.05, 0) is 75.7 Å². The van der Waals surface area contributed by atoms with Crippen LogP contribution in [0.5, 0.6) is 0 Å². The van der Waals surface area contributed by atoms with Gasteiger partial charge in [0.15, 0.2) is 6.29 Å². The van der Waals surface area contributed by atoms with Gasteiger partial charge in [0.2, 0.25) is 6.29 Å². The van der Waals surface area contributed by atoms with Gasteiger partial charge in [-0.25, -0.2) is 4.79 Å². The molecule has 0 spiro atoms. The van der Waals surface area contributed by atoms with Crippen molar-refractivity contribution in [3.8, 4) is 0 Å². The molecule has 0 bridgehead atoms. The van der Waals surface area contributed by atoms with E-state index in [9.17, 15) is 15.0 Å². The molecule has 3 rings (SSSR count).